The molecule has 0 bridgehead atoms. The van der Waals surface area contributed by atoms with Crippen LogP contribution in [0.25, 0.3) is 0 Å². The molecule has 0 saturated carbocycles. The van der Waals surface area contributed by atoms with E-state index >= 15 is 0 Å². The van der Waals surface area contributed by atoms with E-state index in [4.69, 9.17) is 10.6 Å². The SMILES string of the molecule is CC[C@@H](N=N)C(=O)O. The molecular formula is C4H8N2O2. The summed E-state index contributed by atoms with van der Waals surface area (Å²) in [7, 11) is 0. The molecule has 0 amide bonds. The molecule has 2 N–H and O–H groups in total. The van der Waals surface area contributed by atoms with Gasteiger partial charge in [-0.15, -0.1) is 0 Å². The smallest absolute Gasteiger partial charge is 0.330 e. The number of nitrogens with one attached hydrogen (secondary N) is 1. The van der Waals surface area contributed by atoms with E-state index < -0.39 is 12.0 Å². The third-order valence-electron chi connectivity index (χ3n) is 0.828. The Labute approximate surface area is 47.0 Å². The Hall–Kier alpha value is -0.930. The molecule has 0 aromatic heterocycles. The van der Waals surface area contributed by atoms with Crippen molar-refractivity contribution < 1.29 is 9.90 Å². The molecule has 0 aromatic carbocycles. The lowest BCUT2D eigenvalue weighted by Gasteiger charge is -1.96. The lowest BCUT2D eigenvalue weighted by molar-refractivity contribution is -0.138. The fraction of sp³-hybridized carbons (Fsp3) is 0.750. The Morgan fingerprint density at radius 2 is 2.50 bits per heavy atom. The molecule has 0 aliphatic heterocycles. The standard InChI is InChI=1S/C4H8N2O2/c1-2-3(6-5)4(7)8/h3,5H,2H2,1H3,(H,7,8)/t3-/m1/s1. The van der Waals surface area contributed by atoms with Gasteiger partial charge in [0, 0.05) is 0 Å². The van der Waals surface area contributed by atoms with Crippen LogP contribution in [0.1, 0.15) is 13.3 Å². The van der Waals surface area contributed by atoms with E-state index in [0.717, 1.165) is 0 Å². The highest BCUT2D eigenvalue weighted by Gasteiger charge is 2.11. The zero-order chi connectivity index (χ0) is 6.57. The Bertz CT molecular complexity index is 102. The van der Waals surface area contributed by atoms with Crippen LogP contribution >= 0.6 is 0 Å². The largest absolute Gasteiger partial charge is 0.480 e. The van der Waals surface area contributed by atoms with Gasteiger partial charge in [-0.3, -0.25) is 0 Å². The van der Waals surface area contributed by atoms with E-state index in [0.29, 0.717) is 6.42 Å². The fourth-order valence-corrected chi connectivity index (χ4v) is 0.321. The number of hydrogen-bond acceptors (Lipinski definition) is 3. The van der Waals surface area contributed by atoms with Crippen LogP contribution in [0.3, 0.4) is 0 Å². The van der Waals surface area contributed by atoms with Gasteiger partial charge in [-0.2, -0.15) is 5.11 Å². The number of hydrogen-bond donors (Lipinski definition) is 2. The fourth-order valence-electron chi connectivity index (χ4n) is 0.321. The van der Waals surface area contributed by atoms with Gasteiger partial charge in [0.05, 0.1) is 0 Å². The molecule has 8 heavy (non-hydrogen) atoms. The average Bonchev–Trinajstić information content (AvgIpc) is 1.69. The summed E-state index contributed by atoms with van der Waals surface area (Å²) in [4.78, 5) is 9.95. The van der Waals surface area contributed by atoms with Crippen molar-refractivity contribution >= 4 is 5.97 Å². The maximum Gasteiger partial charge on any atom is 0.330 e. The molecule has 0 radical (unpaired) electrons. The molecule has 4 heteroatoms. The lowest BCUT2D eigenvalue weighted by atomic mass is 10.2. The van der Waals surface area contributed by atoms with E-state index in [9.17, 15) is 4.79 Å². The minimum absolute atomic E-state index is 0.388. The van der Waals surface area contributed by atoms with Crippen molar-refractivity contribution in [3.63, 3.8) is 0 Å². The summed E-state index contributed by atoms with van der Waals surface area (Å²) in [5.41, 5.74) is 6.33. The molecule has 0 heterocycles. The molecule has 0 aromatic rings. The first kappa shape index (κ1) is 7.07. The van der Waals surface area contributed by atoms with Crippen LogP contribution in [-0.2, 0) is 4.79 Å². The number of nitrogens with zero attached hydrogens (tertiary/aromatic N) is 1. The third-order valence-corrected chi connectivity index (χ3v) is 0.828. The molecule has 0 spiro atoms. The van der Waals surface area contributed by atoms with Gasteiger partial charge in [-0.25, -0.2) is 10.3 Å². The van der Waals surface area contributed by atoms with Crippen LogP contribution in [0.15, 0.2) is 5.11 Å². The number of carbonyl (C=O) groups is 1. The van der Waals surface area contributed by atoms with E-state index in [1.807, 2.05) is 0 Å². The third kappa shape index (κ3) is 1.68. The summed E-state index contributed by atoms with van der Waals surface area (Å²) in [6, 6.07) is -0.838. The summed E-state index contributed by atoms with van der Waals surface area (Å²) >= 11 is 0. The van der Waals surface area contributed by atoms with Crippen molar-refractivity contribution in [1.82, 2.24) is 0 Å². The molecule has 4 nitrogen and oxygen atoms in total. The Morgan fingerprint density at radius 3 is 2.50 bits per heavy atom. The van der Waals surface area contributed by atoms with Crippen LogP contribution < -0.4 is 0 Å². The predicted molar refractivity (Wildman–Crippen MR) is 26.9 cm³/mol. The minimum atomic E-state index is -1.03. The zero-order valence-corrected chi connectivity index (χ0v) is 4.59. The van der Waals surface area contributed by atoms with Crippen molar-refractivity contribution in [2.75, 3.05) is 0 Å². The molecule has 0 saturated heterocycles. The number of aliphatic carboxylic acids is 1. The van der Waals surface area contributed by atoms with Gasteiger partial charge >= 0.3 is 5.97 Å². The van der Waals surface area contributed by atoms with E-state index in [1.165, 1.54) is 0 Å². The quantitative estimate of drug-likeness (QED) is 0.537. The zero-order valence-electron chi connectivity index (χ0n) is 4.59. The number of rotatable bonds is 3. The number of carboxylic acids is 1. The van der Waals surface area contributed by atoms with Crippen molar-refractivity contribution in [1.29, 1.82) is 5.53 Å². The second-order valence-electron chi connectivity index (χ2n) is 1.39. The highest BCUT2D eigenvalue weighted by atomic mass is 16.4. The van der Waals surface area contributed by atoms with Crippen LogP contribution in [0.2, 0.25) is 0 Å². The van der Waals surface area contributed by atoms with Crippen molar-refractivity contribution in [3.8, 4) is 0 Å². The first-order chi connectivity index (χ1) is 3.72. The molecule has 0 aliphatic carbocycles. The first-order valence-electron chi connectivity index (χ1n) is 2.31. The molecule has 0 aliphatic rings. The summed E-state index contributed by atoms with van der Waals surface area (Å²) in [5, 5.41) is 11.0. The maximum absolute atomic E-state index is 9.95. The normalized spacial score (nSPS) is 12.6. The second-order valence-corrected chi connectivity index (χ2v) is 1.39. The molecule has 0 rings (SSSR count). The first-order valence-corrected chi connectivity index (χ1v) is 2.31. The van der Waals surface area contributed by atoms with Gasteiger partial charge in [-0.1, -0.05) is 6.92 Å². The highest BCUT2D eigenvalue weighted by Crippen LogP contribution is 1.94. The molecule has 1 atom stereocenters. The average molecular weight is 116 g/mol. The molecule has 0 fully saturated rings. The number of carboxylic acid groups (broad SMARTS) is 1. The molecule has 0 unspecified atom stereocenters. The van der Waals surface area contributed by atoms with Crippen LogP contribution in [0.5, 0.6) is 0 Å². The van der Waals surface area contributed by atoms with Crippen molar-refractivity contribution in [2.45, 2.75) is 19.4 Å². The monoisotopic (exact) mass is 116 g/mol. The topological polar surface area (TPSA) is 73.5 Å². The van der Waals surface area contributed by atoms with Crippen molar-refractivity contribution in [3.05, 3.63) is 0 Å². The van der Waals surface area contributed by atoms with E-state index in [1.54, 1.807) is 6.92 Å². The van der Waals surface area contributed by atoms with Crippen LogP contribution in [-0.4, -0.2) is 17.1 Å². The summed E-state index contributed by atoms with van der Waals surface area (Å²) in [6.45, 7) is 1.68. The summed E-state index contributed by atoms with van der Waals surface area (Å²) < 4.78 is 0. The molecule has 46 valence electrons. The predicted octanol–water partition coefficient (Wildman–Crippen LogP) is 0.881. The van der Waals surface area contributed by atoms with Gasteiger partial charge < -0.3 is 5.11 Å². The van der Waals surface area contributed by atoms with Gasteiger partial charge in [0.1, 0.15) is 0 Å². The van der Waals surface area contributed by atoms with E-state index in [2.05, 4.69) is 5.11 Å². The summed E-state index contributed by atoms with van der Waals surface area (Å²) in [6.07, 6.45) is 0.388. The highest BCUT2D eigenvalue weighted by molar-refractivity contribution is 5.73. The second kappa shape index (κ2) is 3.12. The Balaban J connectivity index is 3.69. The van der Waals surface area contributed by atoms with Crippen LogP contribution in [0, 0.1) is 5.53 Å². The minimum Gasteiger partial charge on any atom is -0.480 e. The van der Waals surface area contributed by atoms with Gasteiger partial charge in [0.2, 0.25) is 0 Å². The molecular weight excluding hydrogens is 108 g/mol. The summed E-state index contributed by atoms with van der Waals surface area (Å²) in [5.74, 6) is -1.03. The Morgan fingerprint density at radius 1 is 2.00 bits per heavy atom. The van der Waals surface area contributed by atoms with Crippen molar-refractivity contribution in [2.24, 2.45) is 5.11 Å². The lowest BCUT2D eigenvalue weighted by Crippen LogP contribution is -2.15. The van der Waals surface area contributed by atoms with Gasteiger partial charge in [0.15, 0.2) is 6.04 Å². The Kier molecular flexibility index (Phi) is 2.76. The van der Waals surface area contributed by atoms with Gasteiger partial charge in [-0.05, 0) is 6.42 Å². The van der Waals surface area contributed by atoms with E-state index in [-0.39, 0.29) is 0 Å². The van der Waals surface area contributed by atoms with Gasteiger partial charge in [0.25, 0.3) is 0 Å². The van der Waals surface area contributed by atoms with Crippen LogP contribution in [0.4, 0.5) is 0 Å². The maximum atomic E-state index is 9.95.